The molecule has 0 aliphatic carbocycles. The highest BCUT2D eigenvalue weighted by Gasteiger charge is 2.34. The van der Waals surface area contributed by atoms with Gasteiger partial charge in [-0.25, -0.2) is 0 Å². The van der Waals surface area contributed by atoms with Gasteiger partial charge in [0.25, 0.3) is 5.91 Å². The summed E-state index contributed by atoms with van der Waals surface area (Å²) in [5.74, 6) is -0.250. The molecule has 0 aliphatic heterocycles. The number of carbonyl (C=O) groups is 1. The van der Waals surface area contributed by atoms with Gasteiger partial charge in [0, 0.05) is 28.8 Å². The second-order valence-corrected chi connectivity index (χ2v) is 9.91. The van der Waals surface area contributed by atoms with E-state index in [1.807, 2.05) is 30.3 Å². The number of hydrogen-bond acceptors (Lipinski definition) is 2. The summed E-state index contributed by atoms with van der Waals surface area (Å²) < 4.78 is 44.4. The van der Waals surface area contributed by atoms with E-state index in [-0.39, 0.29) is 37.1 Å². The lowest BCUT2D eigenvalue weighted by Gasteiger charge is -2.25. The van der Waals surface area contributed by atoms with Crippen molar-refractivity contribution in [3.63, 3.8) is 0 Å². The minimum absolute atomic E-state index is 0. The van der Waals surface area contributed by atoms with Crippen LogP contribution >= 0.6 is 39.9 Å². The predicted octanol–water partition coefficient (Wildman–Crippen LogP) is 7.77. The van der Waals surface area contributed by atoms with Gasteiger partial charge < -0.3 is 9.88 Å². The molecule has 1 N–H and O–H groups in total. The molecule has 0 aliphatic rings. The quantitative estimate of drug-likeness (QED) is 0.160. The van der Waals surface area contributed by atoms with Gasteiger partial charge in [0.05, 0.1) is 16.9 Å². The van der Waals surface area contributed by atoms with Gasteiger partial charge in [0.15, 0.2) is 0 Å². The maximum Gasteiger partial charge on any atom is 0.418 e. The van der Waals surface area contributed by atoms with Crippen molar-refractivity contribution in [1.82, 2.24) is 14.8 Å². The average Bonchev–Trinajstić information content (AvgIpc) is 3.30. The Morgan fingerprint density at radius 3 is 2.26 bits per heavy atom. The Hall–Kier alpha value is -2.78. The van der Waals surface area contributed by atoms with E-state index in [1.54, 1.807) is 59.0 Å². The topological polar surface area (TPSA) is 37.3 Å². The summed E-state index contributed by atoms with van der Waals surface area (Å²) in [7, 11) is 1.76. The number of likely N-dealkylation sites (N-methyl/N-ethyl adjacent to an activating group) is 1. The van der Waals surface area contributed by atoms with Gasteiger partial charge in [-0.05, 0) is 61.1 Å². The number of nitrogens with zero attached hydrogens (tertiary/aromatic N) is 2. The van der Waals surface area contributed by atoms with Crippen molar-refractivity contribution < 1.29 is 18.0 Å². The van der Waals surface area contributed by atoms with E-state index in [0.29, 0.717) is 17.0 Å². The first-order valence-electron chi connectivity index (χ1n) is 11.5. The molecular formula is C28H25BrCl2F3N3O. The molecule has 0 saturated carbocycles. The largest absolute Gasteiger partial charge is 0.418 e. The van der Waals surface area contributed by atoms with Crippen LogP contribution in [0.5, 0.6) is 0 Å². The number of alkyl halides is 4. The van der Waals surface area contributed by atoms with Gasteiger partial charge in [0.1, 0.15) is 5.50 Å². The van der Waals surface area contributed by atoms with E-state index in [2.05, 4.69) is 21.2 Å². The second-order valence-electron chi connectivity index (χ2n) is 8.49. The van der Waals surface area contributed by atoms with Crippen LogP contribution in [0, 0.1) is 0 Å². The molecule has 0 bridgehead atoms. The Morgan fingerprint density at radius 1 is 0.974 bits per heavy atom. The predicted molar refractivity (Wildman–Crippen MR) is 151 cm³/mol. The summed E-state index contributed by atoms with van der Waals surface area (Å²) in [4.78, 5) is 14.2. The van der Waals surface area contributed by atoms with Crippen LogP contribution in [0.25, 0.3) is 16.9 Å². The third-order valence-electron chi connectivity index (χ3n) is 5.91. The summed E-state index contributed by atoms with van der Waals surface area (Å²) in [5.41, 5.74) is 1.24. The molecule has 38 heavy (non-hydrogen) atoms. The maximum absolute atomic E-state index is 14.0. The van der Waals surface area contributed by atoms with Crippen LogP contribution in [-0.4, -0.2) is 34.5 Å². The Balaban J connectivity index is 0.00000400. The number of aromatic nitrogens is 1. The Labute approximate surface area is 239 Å². The van der Waals surface area contributed by atoms with Crippen molar-refractivity contribution in [3.8, 4) is 16.9 Å². The number of hydrogen-bond donors (Lipinski definition) is 1. The van der Waals surface area contributed by atoms with E-state index < -0.39 is 17.2 Å². The molecule has 1 aromatic heterocycles. The molecule has 1 atom stereocenters. The first kappa shape index (κ1) is 29.8. The van der Waals surface area contributed by atoms with Gasteiger partial charge in [-0.3, -0.25) is 9.69 Å². The number of rotatable bonds is 8. The molecule has 200 valence electrons. The summed E-state index contributed by atoms with van der Waals surface area (Å²) in [5, 5.41) is 2.80. The highest BCUT2D eigenvalue weighted by atomic mass is 79.9. The van der Waals surface area contributed by atoms with E-state index in [4.69, 9.17) is 11.6 Å². The van der Waals surface area contributed by atoms with E-state index in [0.717, 1.165) is 16.1 Å². The monoisotopic (exact) mass is 625 g/mol. The molecule has 10 heteroatoms. The van der Waals surface area contributed by atoms with Gasteiger partial charge in [-0.2, -0.15) is 13.2 Å². The van der Waals surface area contributed by atoms with Gasteiger partial charge in [-0.1, -0.05) is 58.4 Å². The fourth-order valence-corrected chi connectivity index (χ4v) is 4.43. The molecule has 1 amide bonds. The fraction of sp³-hybridized carbons (Fsp3) is 0.179. The van der Waals surface area contributed by atoms with Crippen LogP contribution in [0.1, 0.15) is 21.6 Å². The standard InChI is InChI=1S/C28H24BrClF3N3O.ClH/c1-35(26(30)17-34-27(37)20-7-3-2-4-8-20)18-22-15-16-24(19-11-13-21(29)14-12-19)36(22)25-10-6-5-9-23(25)28(31,32)33;/h2-16,26H,17-18H2,1H3,(H,34,37);1H. The third kappa shape index (κ3) is 6.99. The van der Waals surface area contributed by atoms with Crippen LogP contribution in [-0.2, 0) is 12.7 Å². The molecule has 1 heterocycles. The summed E-state index contributed by atoms with van der Waals surface area (Å²) in [6.07, 6.45) is -4.53. The van der Waals surface area contributed by atoms with Gasteiger partial charge >= 0.3 is 6.18 Å². The highest BCUT2D eigenvalue weighted by molar-refractivity contribution is 9.10. The Kier molecular flexibility index (Phi) is 10.1. The first-order valence-corrected chi connectivity index (χ1v) is 12.7. The molecule has 3 aromatic carbocycles. The molecular weight excluding hydrogens is 602 g/mol. The molecule has 0 saturated heterocycles. The molecule has 4 rings (SSSR count). The summed E-state index contributed by atoms with van der Waals surface area (Å²) in [6.45, 7) is 0.406. The minimum Gasteiger partial charge on any atom is -0.349 e. The molecule has 1 unspecified atom stereocenters. The van der Waals surface area contributed by atoms with Crippen LogP contribution in [0.15, 0.2) is 95.5 Å². The molecule has 0 fully saturated rings. The number of para-hydroxylation sites is 1. The smallest absolute Gasteiger partial charge is 0.349 e. The Bertz CT molecular complexity index is 1360. The third-order valence-corrected chi connectivity index (χ3v) is 6.92. The normalized spacial score (nSPS) is 12.2. The number of benzene rings is 3. The first-order chi connectivity index (χ1) is 17.6. The number of nitrogens with one attached hydrogen (secondary N) is 1. The highest BCUT2D eigenvalue weighted by Crippen LogP contribution is 2.37. The summed E-state index contributed by atoms with van der Waals surface area (Å²) in [6, 6.07) is 25.3. The zero-order valence-corrected chi connectivity index (χ0v) is 23.4. The maximum atomic E-state index is 14.0. The fourth-order valence-electron chi connectivity index (χ4n) is 4.02. The molecule has 4 nitrogen and oxygen atoms in total. The van der Waals surface area contributed by atoms with E-state index in [1.165, 1.54) is 12.1 Å². The zero-order chi connectivity index (χ0) is 26.6. The van der Waals surface area contributed by atoms with Crippen LogP contribution in [0.4, 0.5) is 13.2 Å². The van der Waals surface area contributed by atoms with Gasteiger partial charge in [0.2, 0.25) is 0 Å². The van der Waals surface area contributed by atoms with Crippen molar-refractivity contribution in [3.05, 3.63) is 112 Å². The van der Waals surface area contributed by atoms with Crippen molar-refractivity contribution in [2.24, 2.45) is 0 Å². The van der Waals surface area contributed by atoms with Crippen LogP contribution < -0.4 is 5.32 Å². The zero-order valence-electron chi connectivity index (χ0n) is 20.3. The van der Waals surface area contributed by atoms with Crippen molar-refractivity contribution >= 4 is 45.8 Å². The van der Waals surface area contributed by atoms with E-state index >= 15 is 0 Å². The SMILES string of the molecule is CN(Cc1ccc(-c2ccc(Br)cc2)n1-c1ccccc1C(F)(F)F)C(Cl)CNC(=O)c1ccccc1.Cl. The van der Waals surface area contributed by atoms with Crippen molar-refractivity contribution in [2.75, 3.05) is 13.6 Å². The van der Waals surface area contributed by atoms with Crippen LogP contribution in [0.3, 0.4) is 0 Å². The van der Waals surface area contributed by atoms with Crippen LogP contribution in [0.2, 0.25) is 0 Å². The number of amides is 1. The van der Waals surface area contributed by atoms with Gasteiger partial charge in [-0.15, -0.1) is 24.0 Å². The second kappa shape index (κ2) is 12.8. The molecule has 0 radical (unpaired) electrons. The lowest BCUT2D eigenvalue weighted by Crippen LogP contribution is -2.38. The molecule has 0 spiro atoms. The molecule has 4 aromatic rings. The minimum atomic E-state index is -4.53. The van der Waals surface area contributed by atoms with E-state index in [9.17, 15) is 18.0 Å². The van der Waals surface area contributed by atoms with Crippen molar-refractivity contribution in [2.45, 2.75) is 18.2 Å². The lowest BCUT2D eigenvalue weighted by molar-refractivity contribution is -0.137. The number of halogens is 6. The average molecular weight is 627 g/mol. The summed E-state index contributed by atoms with van der Waals surface area (Å²) >= 11 is 9.98. The number of carbonyl (C=O) groups excluding carboxylic acids is 1. The van der Waals surface area contributed by atoms with Crippen molar-refractivity contribution in [1.29, 1.82) is 0 Å². The Morgan fingerprint density at radius 2 is 1.61 bits per heavy atom. The lowest BCUT2D eigenvalue weighted by atomic mass is 10.1.